The van der Waals surface area contributed by atoms with E-state index in [9.17, 15) is 4.79 Å². The van der Waals surface area contributed by atoms with E-state index in [0.29, 0.717) is 24.1 Å². The van der Waals surface area contributed by atoms with Gasteiger partial charge in [0.25, 0.3) is 5.91 Å². The summed E-state index contributed by atoms with van der Waals surface area (Å²) < 4.78 is 5.25. The van der Waals surface area contributed by atoms with E-state index in [1.165, 1.54) is 0 Å². The van der Waals surface area contributed by atoms with Crippen LogP contribution in [0.3, 0.4) is 0 Å². The number of carbonyl (C=O) groups is 1. The third kappa shape index (κ3) is 2.87. The molecule has 0 saturated carbocycles. The summed E-state index contributed by atoms with van der Waals surface area (Å²) in [7, 11) is 0. The van der Waals surface area contributed by atoms with Crippen molar-refractivity contribution in [2.75, 3.05) is 13.1 Å². The minimum absolute atomic E-state index is 0.0750. The molecule has 5 heteroatoms. The van der Waals surface area contributed by atoms with Crippen LogP contribution in [-0.2, 0) is 0 Å². The Balaban J connectivity index is 2.15. The van der Waals surface area contributed by atoms with Crippen molar-refractivity contribution in [1.82, 2.24) is 10.1 Å². The second-order valence-corrected chi connectivity index (χ2v) is 5.85. The Kier molecular flexibility index (Phi) is 4.81. The lowest BCUT2D eigenvalue weighted by atomic mass is 9.90. The van der Waals surface area contributed by atoms with Crippen molar-refractivity contribution < 1.29 is 9.32 Å². The number of nitrogens with two attached hydrogens (primary N) is 1. The highest BCUT2D eigenvalue weighted by Gasteiger charge is 2.33. The highest BCUT2D eigenvalue weighted by molar-refractivity contribution is 5.91. The fourth-order valence-corrected chi connectivity index (χ4v) is 2.83. The van der Waals surface area contributed by atoms with Crippen molar-refractivity contribution in [3.05, 3.63) is 17.5 Å². The topological polar surface area (TPSA) is 72.4 Å². The molecule has 2 heterocycles. The molecule has 1 amide bonds. The van der Waals surface area contributed by atoms with Crippen LogP contribution in [0.2, 0.25) is 0 Å². The SMILES string of the molecule is CCC(C)c1cc(C(=O)N2CCCC(C)C2CN)on1. The summed E-state index contributed by atoms with van der Waals surface area (Å²) in [4.78, 5) is 14.4. The van der Waals surface area contributed by atoms with Crippen molar-refractivity contribution in [2.45, 2.75) is 52.0 Å². The third-order valence-electron chi connectivity index (χ3n) is 4.47. The van der Waals surface area contributed by atoms with E-state index in [4.69, 9.17) is 10.3 Å². The lowest BCUT2D eigenvalue weighted by Gasteiger charge is -2.38. The number of hydrogen-bond acceptors (Lipinski definition) is 4. The monoisotopic (exact) mass is 279 g/mol. The Hall–Kier alpha value is -1.36. The molecule has 1 fully saturated rings. The average Bonchev–Trinajstić information content (AvgIpc) is 2.95. The quantitative estimate of drug-likeness (QED) is 0.918. The van der Waals surface area contributed by atoms with Crippen molar-refractivity contribution in [1.29, 1.82) is 0 Å². The van der Waals surface area contributed by atoms with E-state index in [-0.39, 0.29) is 11.9 Å². The summed E-state index contributed by atoms with van der Waals surface area (Å²) >= 11 is 0. The Bertz CT molecular complexity index is 458. The molecule has 1 aliphatic heterocycles. The maximum absolute atomic E-state index is 12.6. The lowest BCUT2D eigenvalue weighted by molar-refractivity contribution is 0.0492. The number of likely N-dealkylation sites (tertiary alicyclic amines) is 1. The highest BCUT2D eigenvalue weighted by atomic mass is 16.5. The third-order valence-corrected chi connectivity index (χ3v) is 4.47. The van der Waals surface area contributed by atoms with Crippen molar-refractivity contribution in [3.63, 3.8) is 0 Å². The Labute approximate surface area is 120 Å². The normalized spacial score (nSPS) is 24.7. The van der Waals surface area contributed by atoms with Gasteiger partial charge in [-0.2, -0.15) is 0 Å². The predicted octanol–water partition coefficient (Wildman–Crippen LogP) is 2.39. The van der Waals surface area contributed by atoms with Gasteiger partial charge in [0.05, 0.1) is 5.69 Å². The molecule has 1 aliphatic rings. The molecule has 0 bridgehead atoms. The van der Waals surface area contributed by atoms with Crippen LogP contribution in [0.25, 0.3) is 0 Å². The van der Waals surface area contributed by atoms with Crippen LogP contribution < -0.4 is 5.73 Å². The molecule has 0 aromatic carbocycles. The lowest BCUT2D eigenvalue weighted by Crippen LogP contribution is -2.51. The van der Waals surface area contributed by atoms with Crippen LogP contribution in [0.4, 0.5) is 0 Å². The molecule has 2 rings (SSSR count). The van der Waals surface area contributed by atoms with Crippen molar-refractivity contribution in [2.24, 2.45) is 11.7 Å². The van der Waals surface area contributed by atoms with Gasteiger partial charge in [0.1, 0.15) is 0 Å². The van der Waals surface area contributed by atoms with Gasteiger partial charge < -0.3 is 15.2 Å². The molecule has 2 N–H and O–H groups in total. The number of hydrogen-bond donors (Lipinski definition) is 1. The highest BCUT2D eigenvalue weighted by Crippen LogP contribution is 2.25. The van der Waals surface area contributed by atoms with E-state index in [0.717, 1.165) is 31.5 Å². The van der Waals surface area contributed by atoms with Gasteiger partial charge >= 0.3 is 0 Å². The van der Waals surface area contributed by atoms with Gasteiger partial charge in [0.2, 0.25) is 5.76 Å². The number of amides is 1. The minimum atomic E-state index is -0.0750. The zero-order valence-electron chi connectivity index (χ0n) is 12.6. The van der Waals surface area contributed by atoms with E-state index in [2.05, 4.69) is 25.9 Å². The van der Waals surface area contributed by atoms with E-state index < -0.39 is 0 Å². The van der Waals surface area contributed by atoms with Crippen LogP contribution >= 0.6 is 0 Å². The molecule has 112 valence electrons. The van der Waals surface area contributed by atoms with Gasteiger partial charge in [-0.15, -0.1) is 0 Å². The van der Waals surface area contributed by atoms with Crippen LogP contribution in [0, 0.1) is 5.92 Å². The standard InChI is InChI=1S/C15H25N3O2/c1-4-10(2)12-8-14(20-17-12)15(19)18-7-5-6-11(3)13(18)9-16/h8,10-11,13H,4-7,9,16H2,1-3H3. The number of piperidine rings is 1. The molecule has 1 aromatic rings. The number of aromatic nitrogens is 1. The summed E-state index contributed by atoms with van der Waals surface area (Å²) in [5, 5.41) is 4.02. The van der Waals surface area contributed by atoms with Crippen LogP contribution in [0.15, 0.2) is 10.6 Å². The number of rotatable bonds is 4. The summed E-state index contributed by atoms with van der Waals surface area (Å²) in [6, 6.07) is 1.89. The smallest absolute Gasteiger partial charge is 0.292 e. The Morgan fingerprint density at radius 1 is 1.65 bits per heavy atom. The van der Waals surface area contributed by atoms with Gasteiger partial charge in [0.15, 0.2) is 0 Å². The van der Waals surface area contributed by atoms with Gasteiger partial charge in [0, 0.05) is 31.1 Å². The maximum atomic E-state index is 12.6. The van der Waals surface area contributed by atoms with Gasteiger partial charge in [-0.05, 0) is 25.2 Å². The Morgan fingerprint density at radius 2 is 2.40 bits per heavy atom. The summed E-state index contributed by atoms with van der Waals surface area (Å²) in [6.45, 7) is 7.58. The fourth-order valence-electron chi connectivity index (χ4n) is 2.83. The molecule has 1 aromatic heterocycles. The van der Waals surface area contributed by atoms with Gasteiger partial charge in [-0.1, -0.05) is 25.9 Å². The molecule has 3 atom stereocenters. The zero-order valence-corrected chi connectivity index (χ0v) is 12.6. The number of carbonyl (C=O) groups excluding carboxylic acids is 1. The minimum Gasteiger partial charge on any atom is -0.351 e. The second-order valence-electron chi connectivity index (χ2n) is 5.85. The van der Waals surface area contributed by atoms with Gasteiger partial charge in [-0.25, -0.2) is 0 Å². The van der Waals surface area contributed by atoms with Crippen LogP contribution in [-0.4, -0.2) is 35.1 Å². The summed E-state index contributed by atoms with van der Waals surface area (Å²) in [6.07, 6.45) is 3.13. The maximum Gasteiger partial charge on any atom is 0.292 e. The van der Waals surface area contributed by atoms with Crippen molar-refractivity contribution in [3.8, 4) is 0 Å². The van der Waals surface area contributed by atoms with Gasteiger partial charge in [-0.3, -0.25) is 4.79 Å². The number of nitrogens with zero attached hydrogens (tertiary/aromatic N) is 2. The molecule has 1 saturated heterocycles. The fraction of sp³-hybridized carbons (Fsp3) is 0.733. The predicted molar refractivity (Wildman–Crippen MR) is 77.5 cm³/mol. The molecule has 0 spiro atoms. The molecule has 20 heavy (non-hydrogen) atoms. The Morgan fingerprint density at radius 3 is 3.05 bits per heavy atom. The molecular weight excluding hydrogens is 254 g/mol. The van der Waals surface area contributed by atoms with E-state index in [1.807, 2.05) is 4.90 Å². The summed E-state index contributed by atoms with van der Waals surface area (Å²) in [5.74, 6) is 1.02. The first-order chi connectivity index (χ1) is 9.58. The first kappa shape index (κ1) is 15.0. The van der Waals surface area contributed by atoms with Crippen molar-refractivity contribution >= 4 is 5.91 Å². The average molecular weight is 279 g/mol. The first-order valence-electron chi connectivity index (χ1n) is 7.56. The molecule has 0 radical (unpaired) electrons. The van der Waals surface area contributed by atoms with Crippen LogP contribution in [0.1, 0.15) is 62.2 Å². The first-order valence-corrected chi connectivity index (χ1v) is 7.56. The van der Waals surface area contributed by atoms with E-state index in [1.54, 1.807) is 6.07 Å². The molecule has 0 aliphatic carbocycles. The van der Waals surface area contributed by atoms with E-state index >= 15 is 0 Å². The largest absolute Gasteiger partial charge is 0.351 e. The van der Waals surface area contributed by atoms with Crippen LogP contribution in [0.5, 0.6) is 0 Å². The molecular formula is C15H25N3O2. The summed E-state index contributed by atoms with van der Waals surface area (Å²) in [5.41, 5.74) is 6.69. The zero-order chi connectivity index (χ0) is 14.7. The molecule has 3 unspecified atom stereocenters. The second kappa shape index (κ2) is 6.39. The molecule has 5 nitrogen and oxygen atoms in total.